The van der Waals surface area contributed by atoms with Crippen LogP contribution in [0.3, 0.4) is 0 Å². The molecule has 2 heteroatoms. The lowest BCUT2D eigenvalue weighted by Crippen LogP contribution is -2.45. The molecule has 0 N–H and O–H groups in total. The average Bonchev–Trinajstić information content (AvgIpc) is 2.05. The summed E-state index contributed by atoms with van der Waals surface area (Å²) in [4.78, 5) is 4.84. The molecule has 0 saturated carbocycles. The van der Waals surface area contributed by atoms with Crippen LogP contribution in [0.4, 0.5) is 0 Å². The Bertz CT molecular complexity index is 106. The van der Waals surface area contributed by atoms with Crippen molar-refractivity contribution in [2.45, 2.75) is 32.4 Å². The summed E-state index contributed by atoms with van der Waals surface area (Å²) in [6.45, 7) is 4.87. The summed E-state index contributed by atoms with van der Waals surface area (Å²) in [5.74, 6) is 0. The van der Waals surface area contributed by atoms with Gasteiger partial charge in [-0.15, -0.1) is 0 Å². The molecule has 0 aromatic carbocycles. The molecule has 0 bridgehead atoms. The second-order valence-electron chi connectivity index (χ2n) is 3.69. The van der Waals surface area contributed by atoms with E-state index in [1.165, 1.54) is 32.4 Å². The van der Waals surface area contributed by atoms with Crippen LogP contribution in [0.1, 0.15) is 26.2 Å². The Hall–Kier alpha value is -0.0800. The Morgan fingerprint density at radius 3 is 2.09 bits per heavy atom. The molecule has 0 radical (unpaired) electrons. The van der Waals surface area contributed by atoms with Gasteiger partial charge >= 0.3 is 0 Å². The normalized spacial score (nSPS) is 24.0. The van der Waals surface area contributed by atoms with Crippen molar-refractivity contribution in [3.05, 3.63) is 0 Å². The van der Waals surface area contributed by atoms with Gasteiger partial charge in [-0.05, 0) is 47.0 Å². The van der Waals surface area contributed by atoms with Crippen molar-refractivity contribution in [1.82, 2.24) is 9.80 Å². The zero-order valence-corrected chi connectivity index (χ0v) is 8.01. The second kappa shape index (κ2) is 4.07. The van der Waals surface area contributed by atoms with Gasteiger partial charge in [-0.3, -0.25) is 9.80 Å². The molecule has 66 valence electrons. The molecule has 0 aromatic heterocycles. The number of hydrogen-bond acceptors (Lipinski definition) is 2. The van der Waals surface area contributed by atoms with E-state index in [-0.39, 0.29) is 0 Å². The molecule has 1 rings (SSSR count). The van der Waals surface area contributed by atoms with Crippen LogP contribution in [0.25, 0.3) is 0 Å². The number of nitrogens with zero attached hydrogens (tertiary/aromatic N) is 2. The van der Waals surface area contributed by atoms with Gasteiger partial charge in [0.2, 0.25) is 0 Å². The van der Waals surface area contributed by atoms with Crippen LogP contribution >= 0.6 is 0 Å². The lowest BCUT2D eigenvalue weighted by molar-refractivity contribution is 0.0755. The third-order valence-corrected chi connectivity index (χ3v) is 2.67. The maximum absolute atomic E-state index is 2.56. The smallest absolute Gasteiger partial charge is 0.0588 e. The number of likely N-dealkylation sites (tertiary alicyclic amines) is 1. The van der Waals surface area contributed by atoms with E-state index in [2.05, 4.69) is 30.8 Å². The number of rotatable bonds is 2. The first kappa shape index (κ1) is 9.01. The maximum Gasteiger partial charge on any atom is 0.0588 e. The van der Waals surface area contributed by atoms with E-state index in [0.717, 1.165) is 0 Å². The molecular weight excluding hydrogens is 136 g/mol. The van der Waals surface area contributed by atoms with Crippen molar-refractivity contribution in [1.29, 1.82) is 0 Å². The van der Waals surface area contributed by atoms with Gasteiger partial charge in [-0.25, -0.2) is 0 Å². The first-order valence-electron chi connectivity index (χ1n) is 4.62. The summed E-state index contributed by atoms with van der Waals surface area (Å²) in [7, 11) is 4.30. The van der Waals surface area contributed by atoms with Crippen LogP contribution in [0.15, 0.2) is 0 Å². The average molecular weight is 156 g/mol. The predicted octanol–water partition coefficient (Wildman–Crippen LogP) is 1.38. The standard InChI is InChI=1S/C9H20N2/c1-9(10(2)3)11-7-5-4-6-8-11/h9H,4-8H2,1-3H3. The Morgan fingerprint density at radius 2 is 1.64 bits per heavy atom. The fourth-order valence-electron chi connectivity index (χ4n) is 1.62. The van der Waals surface area contributed by atoms with E-state index in [9.17, 15) is 0 Å². The van der Waals surface area contributed by atoms with Crippen molar-refractivity contribution in [2.75, 3.05) is 27.2 Å². The summed E-state index contributed by atoms with van der Waals surface area (Å²) < 4.78 is 0. The molecule has 1 heterocycles. The summed E-state index contributed by atoms with van der Waals surface area (Å²) in [5, 5.41) is 0. The van der Waals surface area contributed by atoms with Crippen molar-refractivity contribution in [2.24, 2.45) is 0 Å². The number of hydrogen-bond donors (Lipinski definition) is 0. The third kappa shape index (κ3) is 2.46. The minimum atomic E-state index is 0.621. The monoisotopic (exact) mass is 156 g/mol. The molecule has 1 unspecified atom stereocenters. The van der Waals surface area contributed by atoms with Crippen LogP contribution in [-0.4, -0.2) is 43.2 Å². The van der Waals surface area contributed by atoms with Crippen molar-refractivity contribution < 1.29 is 0 Å². The predicted molar refractivity (Wildman–Crippen MR) is 48.6 cm³/mol. The van der Waals surface area contributed by atoms with Crippen LogP contribution in [-0.2, 0) is 0 Å². The van der Waals surface area contributed by atoms with E-state index >= 15 is 0 Å². The second-order valence-corrected chi connectivity index (χ2v) is 3.69. The van der Waals surface area contributed by atoms with Crippen LogP contribution in [0.5, 0.6) is 0 Å². The van der Waals surface area contributed by atoms with E-state index in [0.29, 0.717) is 6.17 Å². The first-order chi connectivity index (χ1) is 5.22. The molecule has 11 heavy (non-hydrogen) atoms. The summed E-state index contributed by atoms with van der Waals surface area (Å²) in [6.07, 6.45) is 4.82. The highest BCUT2D eigenvalue weighted by molar-refractivity contribution is 4.69. The highest BCUT2D eigenvalue weighted by atomic mass is 15.3. The van der Waals surface area contributed by atoms with E-state index < -0.39 is 0 Å². The van der Waals surface area contributed by atoms with Gasteiger partial charge in [0.15, 0.2) is 0 Å². The largest absolute Gasteiger partial charge is 0.294 e. The Kier molecular flexibility index (Phi) is 3.34. The molecule has 1 aliphatic heterocycles. The summed E-state index contributed by atoms with van der Waals surface area (Å²) in [6, 6.07) is 0. The van der Waals surface area contributed by atoms with E-state index in [1.807, 2.05) is 0 Å². The molecule has 0 spiro atoms. The van der Waals surface area contributed by atoms with Crippen molar-refractivity contribution >= 4 is 0 Å². The zero-order valence-electron chi connectivity index (χ0n) is 8.01. The quantitative estimate of drug-likeness (QED) is 0.596. The van der Waals surface area contributed by atoms with Gasteiger partial charge in [-0.2, -0.15) is 0 Å². The lowest BCUT2D eigenvalue weighted by atomic mass is 10.1. The Labute approximate surface area is 70.2 Å². The SMILES string of the molecule is CC(N(C)C)N1CCCCC1. The Balaban J connectivity index is 2.32. The van der Waals surface area contributed by atoms with Crippen LogP contribution in [0.2, 0.25) is 0 Å². The minimum Gasteiger partial charge on any atom is -0.294 e. The van der Waals surface area contributed by atoms with Gasteiger partial charge in [0.25, 0.3) is 0 Å². The molecule has 1 aliphatic rings. The fourth-order valence-corrected chi connectivity index (χ4v) is 1.62. The van der Waals surface area contributed by atoms with Crippen LogP contribution < -0.4 is 0 Å². The van der Waals surface area contributed by atoms with Gasteiger partial charge in [0, 0.05) is 0 Å². The summed E-state index contributed by atoms with van der Waals surface area (Å²) in [5.41, 5.74) is 0. The Morgan fingerprint density at radius 1 is 1.09 bits per heavy atom. The van der Waals surface area contributed by atoms with Gasteiger partial charge in [-0.1, -0.05) is 6.42 Å². The van der Waals surface area contributed by atoms with E-state index in [4.69, 9.17) is 0 Å². The van der Waals surface area contributed by atoms with Gasteiger partial charge < -0.3 is 0 Å². The lowest BCUT2D eigenvalue weighted by Gasteiger charge is -2.35. The fraction of sp³-hybridized carbons (Fsp3) is 1.00. The van der Waals surface area contributed by atoms with Gasteiger partial charge in [0.05, 0.1) is 6.17 Å². The molecule has 2 nitrogen and oxygen atoms in total. The van der Waals surface area contributed by atoms with Crippen molar-refractivity contribution in [3.63, 3.8) is 0 Å². The molecule has 0 aromatic rings. The van der Waals surface area contributed by atoms with Crippen molar-refractivity contribution in [3.8, 4) is 0 Å². The molecule has 1 atom stereocenters. The molecule has 0 aliphatic carbocycles. The topological polar surface area (TPSA) is 6.48 Å². The highest BCUT2D eigenvalue weighted by Gasteiger charge is 2.17. The molecule has 1 fully saturated rings. The van der Waals surface area contributed by atoms with Crippen LogP contribution in [0, 0.1) is 0 Å². The van der Waals surface area contributed by atoms with E-state index in [1.54, 1.807) is 0 Å². The van der Waals surface area contributed by atoms with Gasteiger partial charge in [0.1, 0.15) is 0 Å². The first-order valence-corrected chi connectivity index (χ1v) is 4.62. The third-order valence-electron chi connectivity index (χ3n) is 2.67. The number of piperidine rings is 1. The maximum atomic E-state index is 2.56. The summed E-state index contributed by atoms with van der Waals surface area (Å²) >= 11 is 0. The zero-order chi connectivity index (χ0) is 8.27. The molecule has 1 saturated heterocycles. The minimum absolute atomic E-state index is 0.621. The molecule has 0 amide bonds. The highest BCUT2D eigenvalue weighted by Crippen LogP contribution is 2.12. The molecular formula is C9H20N2.